The molecule has 1 fully saturated rings. The fourth-order valence-electron chi connectivity index (χ4n) is 4.10. The van der Waals surface area contributed by atoms with E-state index in [1.807, 2.05) is 30.3 Å². The number of likely N-dealkylation sites (tertiary alicyclic amines) is 1. The molecular weight excluding hydrogens is 386 g/mol. The number of para-hydroxylation sites is 1. The Morgan fingerprint density at radius 2 is 1.90 bits per heavy atom. The van der Waals surface area contributed by atoms with Crippen molar-refractivity contribution in [2.24, 2.45) is 0 Å². The van der Waals surface area contributed by atoms with Crippen molar-refractivity contribution in [2.75, 3.05) is 33.5 Å². The fourth-order valence-corrected chi connectivity index (χ4v) is 4.25. The van der Waals surface area contributed by atoms with Crippen LogP contribution in [0.5, 0.6) is 17.2 Å². The lowest BCUT2D eigenvalue weighted by Crippen LogP contribution is -3.11. The smallest absolute Gasteiger partial charge is 0.231 e. The number of rotatable bonds is 7. The molecule has 0 aromatic heterocycles. The third-order valence-corrected chi connectivity index (χ3v) is 5.90. The summed E-state index contributed by atoms with van der Waals surface area (Å²) in [6.07, 6.45) is 2.54. The van der Waals surface area contributed by atoms with Gasteiger partial charge in [0.1, 0.15) is 11.8 Å². The first-order valence-electron chi connectivity index (χ1n) is 10.1. The summed E-state index contributed by atoms with van der Waals surface area (Å²) in [5.74, 6) is 2.53. The number of benzene rings is 2. The van der Waals surface area contributed by atoms with E-state index in [4.69, 9.17) is 26.4 Å². The summed E-state index contributed by atoms with van der Waals surface area (Å²) in [6, 6.07) is 14.6. The van der Waals surface area contributed by atoms with Crippen LogP contribution in [-0.4, -0.2) is 38.6 Å². The summed E-state index contributed by atoms with van der Waals surface area (Å²) in [5.41, 5.74) is 2.34. The molecular formula is C22H28N3O3S+. The molecule has 0 saturated carbocycles. The van der Waals surface area contributed by atoms with E-state index in [1.165, 1.54) is 31.5 Å². The van der Waals surface area contributed by atoms with Crippen LogP contribution in [0.1, 0.15) is 30.0 Å². The van der Waals surface area contributed by atoms with Crippen LogP contribution in [0, 0.1) is 0 Å². The number of ether oxygens (including phenoxy) is 3. The average molecular weight is 415 g/mol. The largest absolute Gasteiger partial charge is 0.496 e. The summed E-state index contributed by atoms with van der Waals surface area (Å²) in [4.78, 5) is 1.58. The van der Waals surface area contributed by atoms with Gasteiger partial charge in [-0.05, 0) is 42.0 Å². The van der Waals surface area contributed by atoms with Crippen LogP contribution in [0.15, 0.2) is 42.5 Å². The van der Waals surface area contributed by atoms with Crippen molar-refractivity contribution in [2.45, 2.75) is 25.4 Å². The van der Waals surface area contributed by atoms with Gasteiger partial charge in [0.2, 0.25) is 6.79 Å². The number of thiocarbonyl (C=S) groups is 1. The summed E-state index contributed by atoms with van der Waals surface area (Å²) in [5, 5.41) is 7.37. The highest BCUT2D eigenvalue weighted by atomic mass is 32.1. The molecule has 3 N–H and O–H groups in total. The van der Waals surface area contributed by atoms with Gasteiger partial charge in [0.15, 0.2) is 16.6 Å². The van der Waals surface area contributed by atoms with Crippen molar-refractivity contribution >= 4 is 17.3 Å². The number of hydrogen-bond donors (Lipinski definition) is 3. The van der Waals surface area contributed by atoms with Crippen molar-refractivity contribution in [1.82, 2.24) is 10.6 Å². The van der Waals surface area contributed by atoms with Crippen molar-refractivity contribution in [3.8, 4) is 17.2 Å². The van der Waals surface area contributed by atoms with Gasteiger partial charge < -0.3 is 29.7 Å². The molecule has 1 saturated heterocycles. The number of methoxy groups -OCH3 is 1. The van der Waals surface area contributed by atoms with Gasteiger partial charge in [-0.3, -0.25) is 0 Å². The van der Waals surface area contributed by atoms with Crippen LogP contribution < -0.4 is 29.7 Å². The van der Waals surface area contributed by atoms with Crippen molar-refractivity contribution in [3.05, 3.63) is 53.6 Å². The molecule has 0 bridgehead atoms. The Labute approximate surface area is 177 Å². The standard InChI is InChI=1S/C22H27N3O3S/c1-26-19-7-3-2-6-17(19)18(25-10-4-5-11-25)14-24-22(29)23-13-16-8-9-20-21(12-16)28-15-27-20/h2-3,6-9,12,18H,4-5,10-11,13-15H2,1H3,(H2,23,24,29)/p+1/t18-/m0/s1. The molecule has 1 atom stereocenters. The molecule has 2 aromatic carbocycles. The monoisotopic (exact) mass is 414 g/mol. The Kier molecular flexibility index (Phi) is 6.36. The highest BCUT2D eigenvalue weighted by Gasteiger charge is 2.29. The molecule has 29 heavy (non-hydrogen) atoms. The lowest BCUT2D eigenvalue weighted by Gasteiger charge is -2.27. The highest BCUT2D eigenvalue weighted by Crippen LogP contribution is 2.32. The van der Waals surface area contributed by atoms with Gasteiger partial charge in [-0.1, -0.05) is 18.2 Å². The van der Waals surface area contributed by atoms with Gasteiger partial charge >= 0.3 is 0 Å². The quantitative estimate of drug-likeness (QED) is 0.601. The number of quaternary nitrogens is 1. The number of fused-ring (bicyclic) bond motifs is 1. The van der Waals surface area contributed by atoms with Crippen LogP contribution in [0.4, 0.5) is 0 Å². The van der Waals surface area contributed by atoms with Crippen LogP contribution in [0.2, 0.25) is 0 Å². The molecule has 2 heterocycles. The predicted octanol–water partition coefficient (Wildman–Crippen LogP) is 1.81. The summed E-state index contributed by atoms with van der Waals surface area (Å²) >= 11 is 5.54. The van der Waals surface area contributed by atoms with Gasteiger partial charge in [0.05, 0.1) is 32.3 Å². The van der Waals surface area contributed by atoms with E-state index in [2.05, 4.69) is 22.8 Å². The molecule has 4 rings (SSSR count). The molecule has 154 valence electrons. The Hall–Kier alpha value is -2.51. The number of nitrogens with one attached hydrogen (secondary N) is 3. The van der Waals surface area contributed by atoms with Crippen LogP contribution >= 0.6 is 12.2 Å². The maximum atomic E-state index is 5.62. The molecule has 0 unspecified atom stereocenters. The summed E-state index contributed by atoms with van der Waals surface area (Å²) < 4.78 is 16.4. The minimum atomic E-state index is 0.287. The highest BCUT2D eigenvalue weighted by molar-refractivity contribution is 7.80. The normalized spacial score (nSPS) is 16.4. The average Bonchev–Trinajstić information content (AvgIpc) is 3.44. The molecule has 0 spiro atoms. The van der Waals surface area contributed by atoms with E-state index in [9.17, 15) is 0 Å². The molecule has 2 aromatic rings. The molecule has 2 aliphatic heterocycles. The lowest BCUT2D eigenvalue weighted by molar-refractivity contribution is -0.918. The maximum Gasteiger partial charge on any atom is 0.231 e. The Bertz CT molecular complexity index is 855. The topological polar surface area (TPSA) is 56.2 Å². The van der Waals surface area contributed by atoms with E-state index in [-0.39, 0.29) is 6.79 Å². The minimum Gasteiger partial charge on any atom is -0.496 e. The molecule has 0 amide bonds. The number of hydrogen-bond acceptors (Lipinski definition) is 4. The molecule has 0 radical (unpaired) electrons. The van der Waals surface area contributed by atoms with Gasteiger partial charge in [-0.15, -0.1) is 0 Å². The maximum absolute atomic E-state index is 5.62. The molecule has 0 aliphatic carbocycles. The first-order chi connectivity index (χ1) is 14.2. The van der Waals surface area contributed by atoms with Gasteiger partial charge in [0, 0.05) is 19.4 Å². The SMILES string of the molecule is COc1ccccc1[C@H](CNC(=S)NCc1ccc2c(c1)OCO2)[NH+]1CCCC1. The van der Waals surface area contributed by atoms with Gasteiger partial charge in [-0.2, -0.15) is 0 Å². The van der Waals surface area contributed by atoms with Crippen molar-refractivity contribution in [1.29, 1.82) is 0 Å². The van der Waals surface area contributed by atoms with E-state index >= 15 is 0 Å². The van der Waals surface area contributed by atoms with E-state index in [0.717, 1.165) is 29.4 Å². The van der Waals surface area contributed by atoms with Crippen molar-refractivity contribution < 1.29 is 19.1 Å². The molecule has 2 aliphatic rings. The second-order valence-corrected chi connectivity index (χ2v) is 7.82. The minimum absolute atomic E-state index is 0.287. The summed E-state index contributed by atoms with van der Waals surface area (Å²) in [6.45, 7) is 4.06. The summed E-state index contributed by atoms with van der Waals surface area (Å²) in [7, 11) is 1.74. The zero-order valence-corrected chi connectivity index (χ0v) is 17.5. The Morgan fingerprint density at radius 3 is 2.72 bits per heavy atom. The fraction of sp³-hybridized carbons (Fsp3) is 0.409. The van der Waals surface area contributed by atoms with E-state index in [1.54, 1.807) is 12.0 Å². The Balaban J connectivity index is 1.36. The third kappa shape index (κ3) is 4.74. The predicted molar refractivity (Wildman–Crippen MR) is 116 cm³/mol. The lowest BCUT2D eigenvalue weighted by atomic mass is 10.0. The van der Waals surface area contributed by atoms with Gasteiger partial charge in [0.25, 0.3) is 0 Å². The van der Waals surface area contributed by atoms with Gasteiger partial charge in [-0.25, -0.2) is 0 Å². The zero-order chi connectivity index (χ0) is 20.1. The Morgan fingerprint density at radius 1 is 1.10 bits per heavy atom. The third-order valence-electron chi connectivity index (χ3n) is 5.61. The van der Waals surface area contributed by atoms with Crippen molar-refractivity contribution in [3.63, 3.8) is 0 Å². The second-order valence-electron chi connectivity index (χ2n) is 7.41. The van der Waals surface area contributed by atoms with E-state index < -0.39 is 0 Å². The first kappa shape index (κ1) is 19.8. The molecule has 6 nitrogen and oxygen atoms in total. The van der Waals surface area contributed by atoms with Crippen LogP contribution in [0.3, 0.4) is 0 Å². The van der Waals surface area contributed by atoms with Crippen LogP contribution in [0.25, 0.3) is 0 Å². The zero-order valence-electron chi connectivity index (χ0n) is 16.7. The molecule has 7 heteroatoms. The second kappa shape index (κ2) is 9.33. The first-order valence-corrected chi connectivity index (χ1v) is 10.5. The van der Waals surface area contributed by atoms with Crippen LogP contribution in [-0.2, 0) is 6.54 Å². The van der Waals surface area contributed by atoms with E-state index in [0.29, 0.717) is 17.7 Å².